The number of anilines is 1. The van der Waals surface area contributed by atoms with Crippen molar-refractivity contribution in [1.82, 2.24) is 14.8 Å². The Hall–Kier alpha value is -2.80. The first-order valence-corrected chi connectivity index (χ1v) is 10.6. The van der Waals surface area contributed by atoms with E-state index in [0.717, 1.165) is 30.7 Å². The summed E-state index contributed by atoms with van der Waals surface area (Å²) in [5, 5.41) is 8.21. The second-order valence-corrected chi connectivity index (χ2v) is 8.14. The van der Waals surface area contributed by atoms with Crippen LogP contribution in [0.3, 0.4) is 0 Å². The van der Waals surface area contributed by atoms with Gasteiger partial charge in [0, 0.05) is 16.9 Å². The molecule has 152 valence electrons. The Bertz CT molecular complexity index is 1060. The van der Waals surface area contributed by atoms with E-state index >= 15 is 0 Å². The van der Waals surface area contributed by atoms with E-state index in [1.807, 2.05) is 18.5 Å². The second-order valence-electron chi connectivity index (χ2n) is 7.17. The SMILES string of the molecule is CCCCc1c(C)nn(-c2nc(C)c(C(=O)Nc3cccc(C(C)=O)c3)s2)c1C. The monoisotopic (exact) mass is 410 g/mol. The number of ketones is 1. The standard InChI is InChI=1S/C22H26N4O2S/c1-6-7-11-19-13(2)25-26(15(19)4)22-23-14(3)20(29-22)21(28)24-18-10-8-9-17(12-18)16(5)27/h8-10,12H,6-7,11H2,1-5H3,(H,24,28). The highest BCUT2D eigenvalue weighted by molar-refractivity contribution is 7.16. The number of aryl methyl sites for hydroxylation is 2. The van der Waals surface area contributed by atoms with Crippen molar-refractivity contribution >= 4 is 28.7 Å². The molecule has 0 atom stereocenters. The van der Waals surface area contributed by atoms with Gasteiger partial charge in [-0.05, 0) is 58.2 Å². The number of unbranched alkanes of at least 4 members (excludes halogenated alkanes) is 1. The van der Waals surface area contributed by atoms with Crippen LogP contribution >= 0.6 is 11.3 Å². The number of carbonyl (C=O) groups is 2. The lowest BCUT2D eigenvalue weighted by Crippen LogP contribution is -2.11. The second kappa shape index (κ2) is 8.69. The van der Waals surface area contributed by atoms with Gasteiger partial charge < -0.3 is 5.32 Å². The molecule has 0 fully saturated rings. The number of carbonyl (C=O) groups excluding carboxylic acids is 2. The zero-order valence-electron chi connectivity index (χ0n) is 17.5. The summed E-state index contributed by atoms with van der Waals surface area (Å²) in [4.78, 5) is 29.5. The Morgan fingerprint density at radius 2 is 1.93 bits per heavy atom. The number of Topliss-reactive ketones (excluding diaryl/α,β-unsaturated/α-hetero) is 1. The maximum atomic E-state index is 12.8. The number of aromatic nitrogens is 3. The number of hydrogen-bond donors (Lipinski definition) is 1. The van der Waals surface area contributed by atoms with Crippen molar-refractivity contribution in [3.05, 3.63) is 57.4 Å². The van der Waals surface area contributed by atoms with Crippen LogP contribution in [0.15, 0.2) is 24.3 Å². The predicted octanol–water partition coefficient (Wildman–Crippen LogP) is 5.05. The van der Waals surface area contributed by atoms with Crippen LogP contribution in [0.1, 0.15) is 69.4 Å². The molecule has 0 saturated heterocycles. The first-order chi connectivity index (χ1) is 13.8. The first-order valence-electron chi connectivity index (χ1n) is 9.77. The molecular weight excluding hydrogens is 384 g/mol. The van der Waals surface area contributed by atoms with Gasteiger partial charge in [-0.25, -0.2) is 9.67 Å². The molecule has 2 heterocycles. The molecule has 29 heavy (non-hydrogen) atoms. The summed E-state index contributed by atoms with van der Waals surface area (Å²) in [6.45, 7) is 9.57. The van der Waals surface area contributed by atoms with Crippen LogP contribution in [0, 0.1) is 20.8 Å². The first kappa shape index (κ1) is 20.9. The number of nitrogens with zero attached hydrogens (tertiary/aromatic N) is 3. The molecule has 6 nitrogen and oxygen atoms in total. The Morgan fingerprint density at radius 1 is 1.17 bits per heavy atom. The molecule has 0 aliphatic rings. The number of rotatable bonds is 7. The highest BCUT2D eigenvalue weighted by atomic mass is 32.1. The molecular formula is C22H26N4O2S. The minimum atomic E-state index is -0.236. The predicted molar refractivity (Wildman–Crippen MR) is 116 cm³/mol. The number of hydrogen-bond acceptors (Lipinski definition) is 5. The van der Waals surface area contributed by atoms with E-state index in [1.54, 1.807) is 24.3 Å². The van der Waals surface area contributed by atoms with Crippen molar-refractivity contribution in [2.45, 2.75) is 53.9 Å². The molecule has 0 unspecified atom stereocenters. The Kier molecular flexibility index (Phi) is 6.27. The van der Waals surface area contributed by atoms with E-state index in [2.05, 4.69) is 29.2 Å². The van der Waals surface area contributed by atoms with E-state index < -0.39 is 0 Å². The highest BCUT2D eigenvalue weighted by Crippen LogP contribution is 2.26. The van der Waals surface area contributed by atoms with Crippen molar-refractivity contribution in [1.29, 1.82) is 0 Å². The lowest BCUT2D eigenvalue weighted by Gasteiger charge is -2.05. The summed E-state index contributed by atoms with van der Waals surface area (Å²) < 4.78 is 1.84. The van der Waals surface area contributed by atoms with E-state index in [1.165, 1.54) is 23.8 Å². The molecule has 0 saturated carbocycles. The third kappa shape index (κ3) is 4.45. The summed E-state index contributed by atoms with van der Waals surface area (Å²) in [7, 11) is 0. The summed E-state index contributed by atoms with van der Waals surface area (Å²) in [6.07, 6.45) is 3.26. The molecule has 0 bridgehead atoms. The molecule has 2 aromatic heterocycles. The van der Waals surface area contributed by atoms with Crippen LogP contribution in [0.25, 0.3) is 5.13 Å². The van der Waals surface area contributed by atoms with Crippen molar-refractivity contribution < 1.29 is 9.59 Å². The Morgan fingerprint density at radius 3 is 2.62 bits per heavy atom. The number of amides is 1. The molecule has 1 aromatic carbocycles. The van der Waals surface area contributed by atoms with Gasteiger partial charge in [0.2, 0.25) is 5.13 Å². The van der Waals surface area contributed by atoms with Gasteiger partial charge in [-0.1, -0.05) is 36.8 Å². The molecule has 1 amide bonds. The number of thiazole rings is 1. The van der Waals surface area contributed by atoms with Crippen molar-refractivity contribution in [2.24, 2.45) is 0 Å². The molecule has 3 aromatic rings. The molecule has 1 N–H and O–H groups in total. The van der Waals surface area contributed by atoms with E-state index in [0.29, 0.717) is 27.0 Å². The van der Waals surface area contributed by atoms with Crippen LogP contribution < -0.4 is 5.32 Å². The maximum absolute atomic E-state index is 12.8. The van der Waals surface area contributed by atoms with Gasteiger partial charge in [-0.3, -0.25) is 9.59 Å². The van der Waals surface area contributed by atoms with E-state index in [4.69, 9.17) is 0 Å². The van der Waals surface area contributed by atoms with Gasteiger partial charge in [-0.2, -0.15) is 5.10 Å². The lowest BCUT2D eigenvalue weighted by molar-refractivity contribution is 0.101. The minimum absolute atomic E-state index is 0.0410. The quantitative estimate of drug-likeness (QED) is 0.553. The normalized spacial score (nSPS) is 10.9. The molecule has 7 heteroatoms. The summed E-state index contributed by atoms with van der Waals surface area (Å²) >= 11 is 1.32. The van der Waals surface area contributed by atoms with Gasteiger partial charge in [0.05, 0.1) is 11.4 Å². The third-order valence-corrected chi connectivity index (χ3v) is 6.05. The largest absolute Gasteiger partial charge is 0.321 e. The minimum Gasteiger partial charge on any atom is -0.321 e. The van der Waals surface area contributed by atoms with Gasteiger partial charge in [0.15, 0.2) is 5.78 Å². The van der Waals surface area contributed by atoms with Crippen molar-refractivity contribution in [3.63, 3.8) is 0 Å². The molecule has 0 spiro atoms. The Balaban J connectivity index is 1.86. The summed E-state index contributed by atoms with van der Waals surface area (Å²) in [5.41, 5.74) is 5.15. The van der Waals surface area contributed by atoms with Crippen LogP contribution in [0.2, 0.25) is 0 Å². The third-order valence-electron chi connectivity index (χ3n) is 4.92. The Labute approximate surface area is 175 Å². The zero-order chi connectivity index (χ0) is 21.1. The lowest BCUT2D eigenvalue weighted by atomic mass is 10.1. The smallest absolute Gasteiger partial charge is 0.267 e. The molecule has 0 radical (unpaired) electrons. The average Bonchev–Trinajstić information content (AvgIpc) is 3.20. The van der Waals surface area contributed by atoms with Crippen molar-refractivity contribution in [2.75, 3.05) is 5.32 Å². The zero-order valence-corrected chi connectivity index (χ0v) is 18.3. The van der Waals surface area contributed by atoms with Crippen LogP contribution in [0.5, 0.6) is 0 Å². The van der Waals surface area contributed by atoms with Crippen LogP contribution in [-0.4, -0.2) is 26.5 Å². The van der Waals surface area contributed by atoms with Gasteiger partial charge in [0.1, 0.15) is 4.88 Å². The molecule has 0 aliphatic carbocycles. The van der Waals surface area contributed by atoms with Crippen LogP contribution in [0.4, 0.5) is 5.69 Å². The molecule has 3 rings (SSSR count). The number of benzene rings is 1. The average molecular weight is 411 g/mol. The number of nitrogens with one attached hydrogen (secondary N) is 1. The van der Waals surface area contributed by atoms with E-state index in [-0.39, 0.29) is 11.7 Å². The topological polar surface area (TPSA) is 76.9 Å². The summed E-state index contributed by atoms with van der Waals surface area (Å²) in [6, 6.07) is 6.93. The fourth-order valence-corrected chi connectivity index (χ4v) is 4.23. The van der Waals surface area contributed by atoms with Gasteiger partial charge in [-0.15, -0.1) is 0 Å². The van der Waals surface area contributed by atoms with Crippen LogP contribution in [-0.2, 0) is 6.42 Å². The van der Waals surface area contributed by atoms with Crippen molar-refractivity contribution in [3.8, 4) is 5.13 Å². The van der Waals surface area contributed by atoms with E-state index in [9.17, 15) is 9.59 Å². The summed E-state index contributed by atoms with van der Waals surface area (Å²) in [5.74, 6) is -0.277. The fraction of sp³-hybridized carbons (Fsp3) is 0.364. The molecule has 0 aliphatic heterocycles. The van der Waals surface area contributed by atoms with Gasteiger partial charge >= 0.3 is 0 Å². The fourth-order valence-electron chi connectivity index (χ4n) is 3.26. The van der Waals surface area contributed by atoms with Gasteiger partial charge in [0.25, 0.3) is 5.91 Å². The maximum Gasteiger partial charge on any atom is 0.267 e. The highest BCUT2D eigenvalue weighted by Gasteiger charge is 2.20.